The Labute approximate surface area is 89.9 Å². The predicted octanol–water partition coefficient (Wildman–Crippen LogP) is 1.79. The predicted molar refractivity (Wildman–Crippen MR) is 58.6 cm³/mol. The van der Waals surface area contributed by atoms with Crippen LogP contribution in [0.4, 0.5) is 5.69 Å². The van der Waals surface area contributed by atoms with Gasteiger partial charge in [-0.1, -0.05) is 0 Å². The second-order valence-electron chi connectivity index (χ2n) is 3.02. The van der Waals surface area contributed by atoms with Crippen molar-refractivity contribution in [3.05, 3.63) is 24.0 Å². The zero-order valence-corrected chi connectivity index (χ0v) is 8.86. The summed E-state index contributed by atoms with van der Waals surface area (Å²) in [4.78, 5) is 3.96. The summed E-state index contributed by atoms with van der Waals surface area (Å²) >= 11 is 0. The van der Waals surface area contributed by atoms with E-state index in [2.05, 4.69) is 10.3 Å². The van der Waals surface area contributed by atoms with Crippen LogP contribution in [0.25, 0.3) is 0 Å². The van der Waals surface area contributed by atoms with E-state index in [1.807, 2.05) is 19.1 Å². The van der Waals surface area contributed by atoms with E-state index < -0.39 is 0 Å². The van der Waals surface area contributed by atoms with E-state index in [1.54, 1.807) is 12.3 Å². The molecule has 4 nitrogen and oxygen atoms in total. The lowest BCUT2D eigenvalue weighted by Gasteiger charge is -2.05. The monoisotopic (exact) mass is 205 g/mol. The number of nitrogens with one attached hydrogen (secondary N) is 1. The molecule has 80 valence electrons. The zero-order valence-electron chi connectivity index (χ0n) is 8.86. The quantitative estimate of drug-likeness (QED) is 0.719. The van der Waals surface area contributed by atoms with Crippen LogP contribution in [0.2, 0.25) is 0 Å². The van der Waals surface area contributed by atoms with E-state index in [9.17, 15) is 0 Å². The Morgan fingerprint density at radius 2 is 2.40 bits per heavy atom. The molecular formula is C11H15N3O. The average molecular weight is 205 g/mol. The Balaban J connectivity index is 2.23. The molecule has 0 aliphatic heterocycles. The summed E-state index contributed by atoms with van der Waals surface area (Å²) in [7, 11) is 0. The Hall–Kier alpha value is -1.60. The van der Waals surface area contributed by atoms with Gasteiger partial charge in [0.05, 0.1) is 11.9 Å². The van der Waals surface area contributed by atoms with Gasteiger partial charge in [0.2, 0.25) is 0 Å². The first-order valence-corrected chi connectivity index (χ1v) is 5.04. The summed E-state index contributed by atoms with van der Waals surface area (Å²) in [5.74, 6) is 0. The first-order valence-electron chi connectivity index (χ1n) is 5.04. The van der Waals surface area contributed by atoms with Gasteiger partial charge < -0.3 is 10.1 Å². The van der Waals surface area contributed by atoms with Crippen LogP contribution >= 0.6 is 0 Å². The third-order valence-electron chi connectivity index (χ3n) is 1.88. The van der Waals surface area contributed by atoms with Gasteiger partial charge in [0.1, 0.15) is 11.8 Å². The Morgan fingerprint density at radius 3 is 3.00 bits per heavy atom. The lowest BCUT2D eigenvalue weighted by atomic mass is 10.3. The third kappa shape index (κ3) is 4.43. The van der Waals surface area contributed by atoms with Crippen molar-refractivity contribution in [1.29, 1.82) is 5.26 Å². The molecule has 1 rings (SSSR count). The fourth-order valence-electron chi connectivity index (χ4n) is 1.12. The summed E-state index contributed by atoms with van der Waals surface area (Å²) in [6.45, 7) is 4.37. The fourth-order valence-corrected chi connectivity index (χ4v) is 1.12. The molecule has 0 radical (unpaired) electrons. The van der Waals surface area contributed by atoms with Crippen LogP contribution in [-0.4, -0.2) is 24.7 Å². The van der Waals surface area contributed by atoms with Crippen molar-refractivity contribution in [2.75, 3.05) is 25.1 Å². The van der Waals surface area contributed by atoms with Gasteiger partial charge in [0, 0.05) is 19.8 Å². The van der Waals surface area contributed by atoms with Crippen LogP contribution in [0.3, 0.4) is 0 Å². The standard InChI is InChI=1S/C11H15N3O/c1-2-15-7-3-6-13-11-5-4-10(8-12)14-9-11/h4-5,9,13H,2-3,6-7H2,1H3. The zero-order chi connectivity index (χ0) is 10.9. The van der Waals surface area contributed by atoms with E-state index in [4.69, 9.17) is 10.00 Å². The van der Waals surface area contributed by atoms with Crippen LogP contribution in [0, 0.1) is 11.3 Å². The van der Waals surface area contributed by atoms with E-state index in [0.29, 0.717) is 5.69 Å². The minimum Gasteiger partial charge on any atom is -0.384 e. The van der Waals surface area contributed by atoms with Gasteiger partial charge >= 0.3 is 0 Å². The molecule has 1 aromatic heterocycles. The van der Waals surface area contributed by atoms with Gasteiger partial charge in [-0.3, -0.25) is 0 Å². The number of hydrogen-bond donors (Lipinski definition) is 1. The summed E-state index contributed by atoms with van der Waals surface area (Å²) in [6, 6.07) is 5.53. The highest BCUT2D eigenvalue weighted by atomic mass is 16.5. The molecule has 0 unspecified atom stereocenters. The highest BCUT2D eigenvalue weighted by molar-refractivity contribution is 5.42. The van der Waals surface area contributed by atoms with E-state index >= 15 is 0 Å². The fraction of sp³-hybridized carbons (Fsp3) is 0.455. The topological polar surface area (TPSA) is 57.9 Å². The first kappa shape index (κ1) is 11.5. The van der Waals surface area contributed by atoms with Crippen molar-refractivity contribution in [3.8, 4) is 6.07 Å². The van der Waals surface area contributed by atoms with Crippen LogP contribution in [0.5, 0.6) is 0 Å². The Bertz CT molecular complexity index is 316. The SMILES string of the molecule is CCOCCCNc1ccc(C#N)nc1. The number of hydrogen-bond acceptors (Lipinski definition) is 4. The molecule has 0 fully saturated rings. The number of nitriles is 1. The first-order chi connectivity index (χ1) is 7.36. The Morgan fingerprint density at radius 1 is 1.53 bits per heavy atom. The van der Waals surface area contributed by atoms with Crippen LogP contribution < -0.4 is 5.32 Å². The average Bonchev–Trinajstić information content (AvgIpc) is 2.30. The van der Waals surface area contributed by atoms with Gasteiger partial charge in [-0.15, -0.1) is 0 Å². The molecule has 1 N–H and O–H groups in total. The number of pyridine rings is 1. The highest BCUT2D eigenvalue weighted by Gasteiger charge is 1.93. The molecule has 0 aliphatic rings. The molecular weight excluding hydrogens is 190 g/mol. The van der Waals surface area contributed by atoms with E-state index in [1.165, 1.54) is 0 Å². The van der Waals surface area contributed by atoms with Crippen LogP contribution in [0.1, 0.15) is 19.0 Å². The van der Waals surface area contributed by atoms with Crippen LogP contribution in [-0.2, 0) is 4.74 Å². The molecule has 1 heterocycles. The lowest BCUT2D eigenvalue weighted by Crippen LogP contribution is -2.05. The number of rotatable bonds is 6. The van der Waals surface area contributed by atoms with Crippen molar-refractivity contribution < 1.29 is 4.74 Å². The molecule has 0 saturated heterocycles. The van der Waals surface area contributed by atoms with Crippen molar-refractivity contribution in [2.45, 2.75) is 13.3 Å². The van der Waals surface area contributed by atoms with Crippen LogP contribution in [0.15, 0.2) is 18.3 Å². The van der Waals surface area contributed by atoms with Crippen molar-refractivity contribution in [2.24, 2.45) is 0 Å². The molecule has 0 spiro atoms. The molecule has 1 aromatic rings. The molecule has 0 amide bonds. The molecule has 0 bridgehead atoms. The number of nitrogens with zero attached hydrogens (tertiary/aromatic N) is 2. The largest absolute Gasteiger partial charge is 0.384 e. The normalized spacial score (nSPS) is 9.60. The number of ether oxygens (including phenoxy) is 1. The maximum atomic E-state index is 8.55. The van der Waals surface area contributed by atoms with Gasteiger partial charge in [-0.25, -0.2) is 4.98 Å². The summed E-state index contributed by atoms with van der Waals surface area (Å²) in [5, 5.41) is 11.8. The molecule has 0 saturated carbocycles. The third-order valence-corrected chi connectivity index (χ3v) is 1.88. The van der Waals surface area contributed by atoms with Gasteiger partial charge in [0.15, 0.2) is 0 Å². The van der Waals surface area contributed by atoms with Gasteiger partial charge in [-0.2, -0.15) is 5.26 Å². The van der Waals surface area contributed by atoms with Crippen molar-refractivity contribution >= 4 is 5.69 Å². The minimum atomic E-state index is 0.440. The summed E-state index contributed by atoms with van der Waals surface area (Å²) in [5.41, 5.74) is 1.38. The molecule has 0 aromatic carbocycles. The van der Waals surface area contributed by atoms with Crippen molar-refractivity contribution in [1.82, 2.24) is 4.98 Å². The smallest absolute Gasteiger partial charge is 0.140 e. The van der Waals surface area contributed by atoms with E-state index in [-0.39, 0.29) is 0 Å². The second-order valence-corrected chi connectivity index (χ2v) is 3.02. The van der Waals surface area contributed by atoms with E-state index in [0.717, 1.165) is 31.9 Å². The second kappa shape index (κ2) is 6.80. The van der Waals surface area contributed by atoms with Crippen molar-refractivity contribution in [3.63, 3.8) is 0 Å². The lowest BCUT2D eigenvalue weighted by molar-refractivity contribution is 0.147. The maximum Gasteiger partial charge on any atom is 0.140 e. The minimum absolute atomic E-state index is 0.440. The maximum absolute atomic E-state index is 8.55. The Kier molecular flexibility index (Phi) is 5.20. The highest BCUT2D eigenvalue weighted by Crippen LogP contribution is 2.05. The molecule has 15 heavy (non-hydrogen) atoms. The number of anilines is 1. The molecule has 4 heteroatoms. The van der Waals surface area contributed by atoms with Gasteiger partial charge in [0.25, 0.3) is 0 Å². The molecule has 0 atom stereocenters. The van der Waals surface area contributed by atoms with Gasteiger partial charge in [-0.05, 0) is 25.5 Å². The summed E-state index contributed by atoms with van der Waals surface area (Å²) < 4.78 is 5.21. The molecule has 0 aliphatic carbocycles. The number of aromatic nitrogens is 1. The summed E-state index contributed by atoms with van der Waals surface area (Å²) in [6.07, 6.45) is 2.63.